The number of urea groups is 1. The van der Waals surface area contributed by atoms with Crippen LogP contribution in [0.5, 0.6) is 5.75 Å². The summed E-state index contributed by atoms with van der Waals surface area (Å²) in [6, 6.07) is 15.0. The highest BCUT2D eigenvalue weighted by molar-refractivity contribution is 7.89. The number of ether oxygens (including phenoxy) is 1. The van der Waals surface area contributed by atoms with Gasteiger partial charge in [-0.1, -0.05) is 30.3 Å². The molecular formula is C20H25N3O4S. The zero-order valence-electron chi connectivity index (χ0n) is 16.4. The minimum absolute atomic E-state index is 0.167. The van der Waals surface area contributed by atoms with Crippen LogP contribution < -0.4 is 4.74 Å². The molecule has 8 heteroatoms. The molecule has 7 nitrogen and oxygen atoms in total. The van der Waals surface area contributed by atoms with Gasteiger partial charge in [-0.2, -0.15) is 4.31 Å². The highest BCUT2D eigenvalue weighted by atomic mass is 32.2. The Balaban J connectivity index is 2.08. The van der Waals surface area contributed by atoms with Gasteiger partial charge in [0.05, 0.1) is 12.0 Å². The van der Waals surface area contributed by atoms with E-state index in [4.69, 9.17) is 4.74 Å². The zero-order chi connectivity index (χ0) is 20.5. The van der Waals surface area contributed by atoms with Crippen LogP contribution in [0.3, 0.4) is 0 Å². The fourth-order valence-electron chi connectivity index (χ4n) is 3.42. The number of benzene rings is 2. The van der Waals surface area contributed by atoms with Crippen LogP contribution in [0.1, 0.15) is 18.7 Å². The summed E-state index contributed by atoms with van der Waals surface area (Å²) in [4.78, 5) is 16.1. The molecule has 2 aromatic carbocycles. The van der Waals surface area contributed by atoms with E-state index in [2.05, 4.69) is 0 Å². The van der Waals surface area contributed by atoms with Crippen LogP contribution in [0.2, 0.25) is 0 Å². The van der Waals surface area contributed by atoms with Gasteiger partial charge in [0, 0.05) is 26.7 Å². The van der Waals surface area contributed by atoms with Crippen molar-refractivity contribution in [3.63, 3.8) is 0 Å². The van der Waals surface area contributed by atoms with Gasteiger partial charge in [-0.25, -0.2) is 13.2 Å². The Morgan fingerprint density at radius 3 is 2.21 bits per heavy atom. The molecule has 1 aliphatic heterocycles. The van der Waals surface area contributed by atoms with Gasteiger partial charge >= 0.3 is 6.03 Å². The summed E-state index contributed by atoms with van der Waals surface area (Å²) in [5.74, 6) is 0.581. The molecule has 2 atom stereocenters. The van der Waals surface area contributed by atoms with Crippen LogP contribution in [0.4, 0.5) is 4.79 Å². The largest absolute Gasteiger partial charge is 0.497 e. The number of carbonyl (C=O) groups is 1. The molecule has 0 bridgehead atoms. The lowest BCUT2D eigenvalue weighted by atomic mass is 10.1. The first-order chi connectivity index (χ1) is 13.3. The first-order valence-corrected chi connectivity index (χ1v) is 10.4. The fourth-order valence-corrected chi connectivity index (χ4v) is 5.07. The molecule has 28 heavy (non-hydrogen) atoms. The number of sulfonamides is 1. The minimum Gasteiger partial charge on any atom is -0.497 e. The highest BCUT2D eigenvalue weighted by Gasteiger charge is 2.47. The van der Waals surface area contributed by atoms with E-state index in [0.717, 1.165) is 5.56 Å². The molecule has 0 aliphatic carbocycles. The third-order valence-electron chi connectivity index (χ3n) is 4.82. The minimum atomic E-state index is -3.82. The molecule has 0 radical (unpaired) electrons. The Morgan fingerprint density at radius 2 is 1.68 bits per heavy atom. The van der Waals surface area contributed by atoms with Crippen LogP contribution in [0.25, 0.3) is 0 Å². The normalized spacial score (nSPS) is 20.2. The average molecular weight is 404 g/mol. The third kappa shape index (κ3) is 3.57. The van der Waals surface area contributed by atoms with Gasteiger partial charge in [0.15, 0.2) is 0 Å². The molecule has 2 amide bonds. The lowest BCUT2D eigenvalue weighted by Crippen LogP contribution is -2.44. The van der Waals surface area contributed by atoms with E-state index in [1.807, 2.05) is 37.3 Å². The summed E-state index contributed by atoms with van der Waals surface area (Å²) in [5, 5.41) is 0. The molecule has 0 saturated carbocycles. The molecule has 3 rings (SSSR count). The topological polar surface area (TPSA) is 70.2 Å². The Bertz CT molecular complexity index is 930. The molecule has 0 aromatic heterocycles. The zero-order valence-corrected chi connectivity index (χ0v) is 17.3. The Labute approximate surface area is 166 Å². The van der Waals surface area contributed by atoms with E-state index < -0.39 is 16.2 Å². The Hall–Kier alpha value is -2.58. The van der Waals surface area contributed by atoms with Crippen molar-refractivity contribution < 1.29 is 17.9 Å². The molecule has 2 aromatic rings. The Morgan fingerprint density at radius 1 is 1.07 bits per heavy atom. The van der Waals surface area contributed by atoms with Crippen LogP contribution in [-0.4, -0.2) is 62.3 Å². The van der Waals surface area contributed by atoms with Crippen LogP contribution >= 0.6 is 0 Å². The lowest BCUT2D eigenvalue weighted by Gasteiger charge is -2.33. The lowest BCUT2D eigenvalue weighted by molar-refractivity contribution is 0.138. The fraction of sp³-hybridized carbons (Fsp3) is 0.350. The smallest absolute Gasteiger partial charge is 0.321 e. The number of carbonyl (C=O) groups excluding carboxylic acids is 1. The SMILES string of the molecule is COc1ccc(S(=O)(=O)N2C[C@@H](C)N(C(=O)N(C)C)[C@H]2c2ccccc2)cc1. The predicted molar refractivity (Wildman–Crippen MR) is 106 cm³/mol. The van der Waals surface area contributed by atoms with Crippen molar-refractivity contribution in [2.24, 2.45) is 0 Å². The number of hydrogen-bond acceptors (Lipinski definition) is 4. The standard InChI is InChI=1S/C20H25N3O4S/c1-15-14-22(28(25,26)18-12-10-17(27-4)11-13-18)19(16-8-6-5-7-9-16)23(15)20(24)21(2)3/h5-13,15,19H,14H2,1-4H3/t15-,19+/m1/s1. The van der Waals surface area contributed by atoms with Crippen LogP contribution in [0.15, 0.2) is 59.5 Å². The average Bonchev–Trinajstić information content (AvgIpc) is 3.05. The Kier molecular flexibility index (Phi) is 5.62. The molecule has 0 N–H and O–H groups in total. The van der Waals surface area contributed by atoms with Gasteiger partial charge in [-0.05, 0) is 36.8 Å². The maximum absolute atomic E-state index is 13.4. The maximum atomic E-state index is 13.4. The van der Waals surface area contributed by atoms with E-state index in [1.54, 1.807) is 31.1 Å². The number of nitrogens with zero attached hydrogens (tertiary/aromatic N) is 3. The first-order valence-electron chi connectivity index (χ1n) is 8.98. The van der Waals surface area contributed by atoms with Crippen LogP contribution in [-0.2, 0) is 10.0 Å². The van der Waals surface area contributed by atoms with Crippen molar-refractivity contribution in [1.29, 1.82) is 0 Å². The van der Waals surface area contributed by atoms with E-state index in [-0.39, 0.29) is 23.5 Å². The van der Waals surface area contributed by atoms with Gasteiger partial charge in [-0.3, -0.25) is 4.90 Å². The predicted octanol–water partition coefficient (Wildman–Crippen LogP) is 2.77. The number of amides is 2. The first kappa shape index (κ1) is 20.2. The van der Waals surface area contributed by atoms with Crippen molar-refractivity contribution in [3.8, 4) is 5.75 Å². The van der Waals surface area contributed by atoms with Gasteiger partial charge in [0.2, 0.25) is 10.0 Å². The van der Waals surface area contributed by atoms with Crippen molar-refractivity contribution in [2.45, 2.75) is 24.0 Å². The summed E-state index contributed by atoms with van der Waals surface area (Å²) in [7, 11) is 1.04. The second-order valence-electron chi connectivity index (χ2n) is 6.97. The second kappa shape index (κ2) is 7.81. The van der Waals surface area contributed by atoms with Gasteiger partial charge in [0.25, 0.3) is 0 Å². The van der Waals surface area contributed by atoms with E-state index in [9.17, 15) is 13.2 Å². The number of methoxy groups -OCH3 is 1. The summed E-state index contributed by atoms with van der Waals surface area (Å²) >= 11 is 0. The summed E-state index contributed by atoms with van der Waals surface area (Å²) < 4.78 is 33.4. The maximum Gasteiger partial charge on any atom is 0.321 e. The van der Waals surface area contributed by atoms with Crippen molar-refractivity contribution >= 4 is 16.1 Å². The van der Waals surface area contributed by atoms with Crippen molar-refractivity contribution in [2.75, 3.05) is 27.7 Å². The molecular weight excluding hydrogens is 378 g/mol. The van der Waals surface area contributed by atoms with Crippen molar-refractivity contribution in [1.82, 2.24) is 14.1 Å². The second-order valence-corrected chi connectivity index (χ2v) is 8.86. The van der Waals surface area contributed by atoms with Gasteiger partial charge < -0.3 is 9.64 Å². The monoisotopic (exact) mass is 403 g/mol. The molecule has 1 heterocycles. The van der Waals surface area contributed by atoms with Crippen LogP contribution in [0, 0.1) is 0 Å². The summed E-state index contributed by atoms with van der Waals surface area (Å²) in [6.07, 6.45) is -0.710. The van der Waals surface area contributed by atoms with E-state index in [1.165, 1.54) is 28.4 Å². The van der Waals surface area contributed by atoms with E-state index >= 15 is 0 Å². The van der Waals surface area contributed by atoms with E-state index in [0.29, 0.717) is 5.75 Å². The van der Waals surface area contributed by atoms with Gasteiger partial charge in [0.1, 0.15) is 11.9 Å². The summed E-state index contributed by atoms with van der Waals surface area (Å²) in [5.41, 5.74) is 0.749. The quantitative estimate of drug-likeness (QED) is 0.787. The molecule has 150 valence electrons. The molecule has 1 saturated heterocycles. The molecule has 1 aliphatic rings. The van der Waals surface area contributed by atoms with Gasteiger partial charge in [-0.15, -0.1) is 0 Å². The molecule has 1 fully saturated rings. The van der Waals surface area contributed by atoms with Crippen molar-refractivity contribution in [3.05, 3.63) is 60.2 Å². The summed E-state index contributed by atoms with van der Waals surface area (Å²) in [6.45, 7) is 2.08. The third-order valence-corrected chi connectivity index (χ3v) is 6.66. The highest BCUT2D eigenvalue weighted by Crippen LogP contribution is 2.38. The molecule has 0 spiro atoms. The number of hydrogen-bond donors (Lipinski definition) is 0. The number of rotatable bonds is 4. The molecule has 0 unspecified atom stereocenters.